The SMILES string of the molecule is S=C1N=Cc2ccccc2C12CCNCC2. The zero-order valence-electron chi connectivity index (χ0n) is 9.07. The number of nitrogens with one attached hydrogen (secondary N) is 1. The van der Waals surface area contributed by atoms with Crippen molar-refractivity contribution >= 4 is 23.4 Å². The largest absolute Gasteiger partial charge is 0.317 e. The molecule has 2 aliphatic rings. The summed E-state index contributed by atoms with van der Waals surface area (Å²) in [5.41, 5.74) is 2.63. The van der Waals surface area contributed by atoms with Crippen LogP contribution >= 0.6 is 12.2 Å². The van der Waals surface area contributed by atoms with Crippen LogP contribution < -0.4 is 5.32 Å². The highest BCUT2D eigenvalue weighted by atomic mass is 32.1. The molecule has 0 unspecified atom stereocenters. The van der Waals surface area contributed by atoms with Crippen molar-refractivity contribution in [1.29, 1.82) is 0 Å². The number of nitrogens with zero attached hydrogens (tertiary/aromatic N) is 1. The summed E-state index contributed by atoms with van der Waals surface area (Å²) >= 11 is 5.49. The Kier molecular flexibility index (Phi) is 2.37. The number of hydrogen-bond donors (Lipinski definition) is 1. The third-order valence-corrected chi connectivity index (χ3v) is 4.16. The van der Waals surface area contributed by atoms with E-state index in [0.717, 1.165) is 30.9 Å². The number of aliphatic imine (C=N–C) groups is 1. The molecule has 82 valence electrons. The molecule has 0 radical (unpaired) electrons. The van der Waals surface area contributed by atoms with Gasteiger partial charge in [-0.3, -0.25) is 0 Å². The second-order valence-electron chi connectivity index (χ2n) is 4.48. The average Bonchev–Trinajstić information content (AvgIpc) is 2.36. The van der Waals surface area contributed by atoms with Gasteiger partial charge < -0.3 is 5.32 Å². The van der Waals surface area contributed by atoms with Crippen LogP contribution in [0.5, 0.6) is 0 Å². The fraction of sp³-hybridized carbons (Fsp3) is 0.385. The highest BCUT2D eigenvalue weighted by Crippen LogP contribution is 2.39. The first kappa shape index (κ1) is 10.1. The zero-order chi connectivity index (χ0) is 11.0. The molecular formula is C13H14N2S. The van der Waals surface area contributed by atoms with Gasteiger partial charge in [0.25, 0.3) is 0 Å². The van der Waals surface area contributed by atoms with Crippen LogP contribution in [-0.4, -0.2) is 24.3 Å². The van der Waals surface area contributed by atoms with Crippen molar-refractivity contribution in [2.45, 2.75) is 18.3 Å². The van der Waals surface area contributed by atoms with Crippen molar-refractivity contribution in [3.05, 3.63) is 35.4 Å². The first-order valence-electron chi connectivity index (χ1n) is 5.72. The van der Waals surface area contributed by atoms with Crippen LogP contribution in [0.25, 0.3) is 0 Å². The first-order chi connectivity index (χ1) is 7.83. The smallest absolute Gasteiger partial charge is 0.114 e. The van der Waals surface area contributed by atoms with Gasteiger partial charge in [0, 0.05) is 6.21 Å². The molecule has 2 aliphatic heterocycles. The highest BCUT2D eigenvalue weighted by Gasteiger charge is 2.40. The predicted octanol–water partition coefficient (Wildman–Crippen LogP) is 2.07. The average molecular weight is 230 g/mol. The summed E-state index contributed by atoms with van der Waals surface area (Å²) in [5.74, 6) is 0. The van der Waals surface area contributed by atoms with E-state index in [9.17, 15) is 0 Å². The molecule has 0 aliphatic carbocycles. The van der Waals surface area contributed by atoms with Crippen LogP contribution in [0.2, 0.25) is 0 Å². The number of thiocarbonyl (C=S) groups is 1. The summed E-state index contributed by atoms with van der Waals surface area (Å²) in [6.45, 7) is 2.06. The quantitative estimate of drug-likeness (QED) is 0.690. The van der Waals surface area contributed by atoms with Crippen molar-refractivity contribution in [3.8, 4) is 0 Å². The summed E-state index contributed by atoms with van der Waals surface area (Å²) in [7, 11) is 0. The molecule has 1 N–H and O–H groups in total. The van der Waals surface area contributed by atoms with Gasteiger partial charge >= 0.3 is 0 Å². The first-order valence-corrected chi connectivity index (χ1v) is 6.12. The maximum absolute atomic E-state index is 5.49. The Bertz CT molecular complexity index is 459. The van der Waals surface area contributed by atoms with Crippen molar-refractivity contribution in [2.75, 3.05) is 13.1 Å². The normalized spacial score (nSPS) is 22.1. The van der Waals surface area contributed by atoms with E-state index in [0.29, 0.717) is 0 Å². The summed E-state index contributed by atoms with van der Waals surface area (Å²) < 4.78 is 0. The Labute approximate surface area is 101 Å². The Morgan fingerprint density at radius 3 is 2.75 bits per heavy atom. The lowest BCUT2D eigenvalue weighted by atomic mass is 9.70. The van der Waals surface area contributed by atoms with Gasteiger partial charge in [0.2, 0.25) is 0 Å². The minimum absolute atomic E-state index is 0.0198. The van der Waals surface area contributed by atoms with Crippen LogP contribution in [0.1, 0.15) is 24.0 Å². The van der Waals surface area contributed by atoms with E-state index in [-0.39, 0.29) is 5.41 Å². The fourth-order valence-electron chi connectivity index (χ4n) is 2.75. The van der Waals surface area contributed by atoms with E-state index in [1.54, 1.807) is 0 Å². The molecule has 1 spiro atoms. The predicted molar refractivity (Wildman–Crippen MR) is 70.4 cm³/mol. The van der Waals surface area contributed by atoms with Crippen LogP contribution in [0, 0.1) is 0 Å². The van der Waals surface area contributed by atoms with Gasteiger partial charge in [0.15, 0.2) is 0 Å². The summed E-state index contributed by atoms with van der Waals surface area (Å²) in [5, 5.41) is 3.40. The lowest BCUT2D eigenvalue weighted by molar-refractivity contribution is 0.397. The Morgan fingerprint density at radius 2 is 1.94 bits per heavy atom. The number of rotatable bonds is 0. The summed E-state index contributed by atoms with van der Waals surface area (Å²) in [4.78, 5) is 5.30. The van der Waals surface area contributed by atoms with Crippen molar-refractivity contribution in [3.63, 3.8) is 0 Å². The van der Waals surface area contributed by atoms with E-state index in [1.165, 1.54) is 11.1 Å². The van der Waals surface area contributed by atoms with E-state index in [1.807, 2.05) is 6.21 Å². The van der Waals surface area contributed by atoms with Crippen molar-refractivity contribution in [2.24, 2.45) is 4.99 Å². The second-order valence-corrected chi connectivity index (χ2v) is 4.87. The van der Waals surface area contributed by atoms with E-state index in [4.69, 9.17) is 12.2 Å². The third-order valence-electron chi connectivity index (χ3n) is 3.66. The fourth-order valence-corrected chi connectivity index (χ4v) is 3.12. The maximum atomic E-state index is 5.49. The topological polar surface area (TPSA) is 24.4 Å². The third kappa shape index (κ3) is 1.35. The highest BCUT2D eigenvalue weighted by molar-refractivity contribution is 7.80. The van der Waals surface area contributed by atoms with Gasteiger partial charge in [-0.05, 0) is 37.1 Å². The van der Waals surface area contributed by atoms with E-state index in [2.05, 4.69) is 34.6 Å². The Morgan fingerprint density at radius 1 is 1.19 bits per heavy atom. The molecular weight excluding hydrogens is 216 g/mol. The van der Waals surface area contributed by atoms with Crippen LogP contribution in [0.4, 0.5) is 0 Å². The van der Waals surface area contributed by atoms with E-state index >= 15 is 0 Å². The van der Waals surface area contributed by atoms with Crippen LogP contribution in [0.3, 0.4) is 0 Å². The molecule has 3 heteroatoms. The van der Waals surface area contributed by atoms with Gasteiger partial charge in [-0.1, -0.05) is 36.5 Å². The summed E-state index contributed by atoms with van der Waals surface area (Å²) in [6.07, 6.45) is 4.05. The van der Waals surface area contributed by atoms with Gasteiger partial charge in [-0.15, -0.1) is 0 Å². The lowest BCUT2D eigenvalue weighted by Crippen LogP contribution is -2.46. The monoisotopic (exact) mass is 230 g/mol. The molecule has 2 nitrogen and oxygen atoms in total. The zero-order valence-corrected chi connectivity index (χ0v) is 9.89. The molecule has 0 amide bonds. The number of benzene rings is 1. The molecule has 1 saturated heterocycles. The van der Waals surface area contributed by atoms with Gasteiger partial charge in [-0.2, -0.15) is 0 Å². The second kappa shape index (κ2) is 3.75. The van der Waals surface area contributed by atoms with Crippen molar-refractivity contribution < 1.29 is 0 Å². The molecule has 16 heavy (non-hydrogen) atoms. The summed E-state index contributed by atoms with van der Waals surface area (Å²) in [6, 6.07) is 8.50. The lowest BCUT2D eigenvalue weighted by Gasteiger charge is -2.39. The minimum atomic E-state index is 0.0198. The number of hydrogen-bond acceptors (Lipinski definition) is 2. The Balaban J connectivity index is 2.16. The molecule has 0 saturated carbocycles. The van der Waals surface area contributed by atoms with Crippen LogP contribution in [0.15, 0.2) is 29.3 Å². The van der Waals surface area contributed by atoms with Crippen molar-refractivity contribution in [1.82, 2.24) is 5.32 Å². The number of piperidine rings is 1. The van der Waals surface area contributed by atoms with Gasteiger partial charge in [-0.25, -0.2) is 4.99 Å². The Hall–Kier alpha value is -1.06. The molecule has 0 atom stereocenters. The molecule has 2 heterocycles. The minimum Gasteiger partial charge on any atom is -0.317 e. The molecule has 1 fully saturated rings. The van der Waals surface area contributed by atoms with Gasteiger partial charge in [0.1, 0.15) is 4.99 Å². The van der Waals surface area contributed by atoms with E-state index < -0.39 is 0 Å². The van der Waals surface area contributed by atoms with Gasteiger partial charge in [0.05, 0.1) is 5.41 Å². The maximum Gasteiger partial charge on any atom is 0.114 e. The number of fused-ring (bicyclic) bond motifs is 2. The van der Waals surface area contributed by atoms with Crippen LogP contribution in [-0.2, 0) is 5.41 Å². The molecule has 1 aromatic rings. The molecule has 1 aromatic carbocycles. The molecule has 3 rings (SSSR count). The molecule has 0 aromatic heterocycles. The molecule has 0 bridgehead atoms. The standard InChI is InChI=1S/C13H14N2S/c16-12-13(5-7-14-8-6-13)11-4-2-1-3-10(11)9-15-12/h1-4,9,14H,5-8H2.